The van der Waals surface area contributed by atoms with Crippen LogP contribution in [0.25, 0.3) is 0 Å². The largest absolute Gasteiger partial charge is 0.469 e. The van der Waals surface area contributed by atoms with Crippen LogP contribution in [-0.4, -0.2) is 5.11 Å². The molecule has 0 bridgehead atoms. The van der Waals surface area contributed by atoms with Crippen molar-refractivity contribution in [2.45, 2.75) is 25.9 Å². The number of rotatable bonds is 4. The monoisotopic (exact) mass is 268 g/mol. The molecule has 4 heteroatoms. The second-order valence-electron chi connectivity index (χ2n) is 4.12. The van der Waals surface area contributed by atoms with E-state index in [2.05, 4.69) is 0 Å². The van der Waals surface area contributed by atoms with Gasteiger partial charge in [0.1, 0.15) is 11.6 Å². The van der Waals surface area contributed by atoms with E-state index in [0.717, 1.165) is 11.3 Å². The standard InChI is InChI=1S/C14H14ClFO2/c1-2-14-10(5-6-18-14)13(17)8-9-3-4-11(15)12(16)7-9/h3-7,13,17H,2,8H2,1H3. The fraction of sp³-hybridized carbons (Fsp3) is 0.286. The summed E-state index contributed by atoms with van der Waals surface area (Å²) in [6.07, 6.45) is 1.91. The Labute approximate surface area is 110 Å². The minimum absolute atomic E-state index is 0.0887. The third-order valence-corrected chi connectivity index (χ3v) is 3.18. The third kappa shape index (κ3) is 2.74. The molecule has 1 N–H and O–H groups in total. The van der Waals surface area contributed by atoms with E-state index in [1.165, 1.54) is 12.1 Å². The van der Waals surface area contributed by atoms with Gasteiger partial charge in [0.25, 0.3) is 0 Å². The first-order valence-electron chi connectivity index (χ1n) is 5.80. The molecule has 1 unspecified atom stereocenters. The molecule has 1 aromatic heterocycles. The van der Waals surface area contributed by atoms with Gasteiger partial charge >= 0.3 is 0 Å². The Kier molecular flexibility index (Phi) is 4.04. The van der Waals surface area contributed by atoms with E-state index in [0.29, 0.717) is 18.4 Å². The van der Waals surface area contributed by atoms with Gasteiger partial charge in [0.2, 0.25) is 0 Å². The second kappa shape index (κ2) is 5.55. The van der Waals surface area contributed by atoms with Gasteiger partial charge in [-0.2, -0.15) is 0 Å². The van der Waals surface area contributed by atoms with Crippen molar-refractivity contribution in [2.24, 2.45) is 0 Å². The van der Waals surface area contributed by atoms with Crippen LogP contribution in [0.1, 0.15) is 29.9 Å². The summed E-state index contributed by atoms with van der Waals surface area (Å²) in [6, 6.07) is 6.29. The smallest absolute Gasteiger partial charge is 0.142 e. The Morgan fingerprint density at radius 2 is 2.17 bits per heavy atom. The lowest BCUT2D eigenvalue weighted by Crippen LogP contribution is -2.03. The summed E-state index contributed by atoms with van der Waals surface area (Å²) in [7, 11) is 0. The minimum Gasteiger partial charge on any atom is -0.469 e. The molecule has 0 amide bonds. The molecule has 96 valence electrons. The SMILES string of the molecule is CCc1occc1C(O)Cc1ccc(Cl)c(F)c1. The van der Waals surface area contributed by atoms with Crippen molar-refractivity contribution in [3.05, 3.63) is 58.3 Å². The Morgan fingerprint density at radius 3 is 2.83 bits per heavy atom. The molecule has 0 saturated heterocycles. The quantitative estimate of drug-likeness (QED) is 0.912. The molecule has 0 saturated carbocycles. The topological polar surface area (TPSA) is 33.4 Å². The number of aryl methyl sites for hydroxylation is 1. The molecule has 1 heterocycles. The van der Waals surface area contributed by atoms with Crippen molar-refractivity contribution < 1.29 is 13.9 Å². The molecule has 18 heavy (non-hydrogen) atoms. The highest BCUT2D eigenvalue weighted by atomic mass is 35.5. The first kappa shape index (κ1) is 13.1. The van der Waals surface area contributed by atoms with Gasteiger partial charge in [-0.3, -0.25) is 0 Å². The molecule has 2 nitrogen and oxygen atoms in total. The number of benzene rings is 1. The van der Waals surface area contributed by atoms with Crippen LogP contribution in [0.5, 0.6) is 0 Å². The average molecular weight is 269 g/mol. The summed E-state index contributed by atoms with van der Waals surface area (Å²) in [4.78, 5) is 0. The highest BCUT2D eigenvalue weighted by molar-refractivity contribution is 6.30. The third-order valence-electron chi connectivity index (χ3n) is 2.87. The number of hydrogen-bond donors (Lipinski definition) is 1. The van der Waals surface area contributed by atoms with Crippen molar-refractivity contribution in [1.29, 1.82) is 0 Å². The van der Waals surface area contributed by atoms with E-state index >= 15 is 0 Å². The van der Waals surface area contributed by atoms with Crippen LogP contribution in [0.4, 0.5) is 4.39 Å². The lowest BCUT2D eigenvalue weighted by atomic mass is 10.0. The van der Waals surface area contributed by atoms with Gasteiger partial charge in [-0.05, 0) is 23.8 Å². The number of hydrogen-bond acceptors (Lipinski definition) is 2. The zero-order chi connectivity index (χ0) is 13.1. The molecule has 0 aliphatic rings. The highest BCUT2D eigenvalue weighted by Crippen LogP contribution is 2.25. The molecule has 0 radical (unpaired) electrons. The molecule has 1 aromatic carbocycles. The number of furan rings is 1. The Hall–Kier alpha value is -1.32. The first-order valence-corrected chi connectivity index (χ1v) is 6.18. The fourth-order valence-corrected chi connectivity index (χ4v) is 2.05. The maximum absolute atomic E-state index is 13.3. The summed E-state index contributed by atoms with van der Waals surface area (Å²) in [5.41, 5.74) is 1.46. The maximum Gasteiger partial charge on any atom is 0.142 e. The molecular weight excluding hydrogens is 255 g/mol. The summed E-state index contributed by atoms with van der Waals surface area (Å²) in [6.45, 7) is 1.96. The number of halogens is 2. The Morgan fingerprint density at radius 1 is 1.39 bits per heavy atom. The summed E-state index contributed by atoms with van der Waals surface area (Å²) >= 11 is 5.61. The average Bonchev–Trinajstić information content (AvgIpc) is 2.82. The van der Waals surface area contributed by atoms with Crippen LogP contribution in [0.2, 0.25) is 5.02 Å². The van der Waals surface area contributed by atoms with Crippen LogP contribution >= 0.6 is 11.6 Å². The predicted octanol–water partition coefficient (Wildman–Crippen LogP) is 3.91. The Bertz CT molecular complexity index is 536. The molecule has 0 aliphatic heterocycles. The molecule has 0 spiro atoms. The molecule has 0 aliphatic carbocycles. The molecule has 2 rings (SSSR count). The van der Waals surface area contributed by atoms with Crippen molar-refractivity contribution in [3.63, 3.8) is 0 Å². The second-order valence-corrected chi connectivity index (χ2v) is 4.53. The summed E-state index contributed by atoms with van der Waals surface area (Å²) < 4.78 is 18.5. The minimum atomic E-state index is -0.695. The summed E-state index contributed by atoms with van der Waals surface area (Å²) in [5.74, 6) is 0.293. The van der Waals surface area contributed by atoms with E-state index in [1.807, 2.05) is 6.92 Å². The highest BCUT2D eigenvalue weighted by Gasteiger charge is 2.15. The van der Waals surface area contributed by atoms with Gasteiger partial charge in [0.15, 0.2) is 0 Å². The molecule has 0 fully saturated rings. The van der Waals surface area contributed by atoms with Crippen molar-refractivity contribution in [3.8, 4) is 0 Å². The van der Waals surface area contributed by atoms with E-state index in [1.54, 1.807) is 18.4 Å². The van der Waals surface area contributed by atoms with Gasteiger partial charge in [0.05, 0.1) is 17.4 Å². The predicted molar refractivity (Wildman–Crippen MR) is 68.2 cm³/mol. The number of aliphatic hydroxyl groups is 1. The van der Waals surface area contributed by atoms with Gasteiger partial charge in [-0.15, -0.1) is 0 Å². The van der Waals surface area contributed by atoms with Gasteiger partial charge in [0, 0.05) is 18.4 Å². The lowest BCUT2D eigenvalue weighted by molar-refractivity contribution is 0.176. The summed E-state index contributed by atoms with van der Waals surface area (Å²) in [5, 5.41) is 10.2. The van der Waals surface area contributed by atoms with Crippen LogP contribution in [0.3, 0.4) is 0 Å². The van der Waals surface area contributed by atoms with Gasteiger partial charge in [-0.25, -0.2) is 4.39 Å². The van der Waals surface area contributed by atoms with E-state index in [4.69, 9.17) is 16.0 Å². The Balaban J connectivity index is 2.16. The van der Waals surface area contributed by atoms with Gasteiger partial charge in [-0.1, -0.05) is 24.6 Å². The molecular formula is C14H14ClFO2. The van der Waals surface area contributed by atoms with Crippen LogP contribution in [-0.2, 0) is 12.8 Å². The van der Waals surface area contributed by atoms with E-state index < -0.39 is 11.9 Å². The molecule has 2 aromatic rings. The zero-order valence-corrected chi connectivity index (χ0v) is 10.7. The fourth-order valence-electron chi connectivity index (χ4n) is 1.93. The normalized spacial score (nSPS) is 12.7. The lowest BCUT2D eigenvalue weighted by Gasteiger charge is -2.10. The van der Waals surface area contributed by atoms with Gasteiger partial charge < -0.3 is 9.52 Å². The zero-order valence-electron chi connectivity index (χ0n) is 9.99. The first-order chi connectivity index (χ1) is 8.61. The van der Waals surface area contributed by atoms with Crippen molar-refractivity contribution in [1.82, 2.24) is 0 Å². The van der Waals surface area contributed by atoms with Crippen molar-refractivity contribution in [2.75, 3.05) is 0 Å². The van der Waals surface area contributed by atoms with Crippen LogP contribution < -0.4 is 0 Å². The van der Waals surface area contributed by atoms with Crippen molar-refractivity contribution >= 4 is 11.6 Å². The van der Waals surface area contributed by atoms with Crippen LogP contribution in [0, 0.1) is 5.82 Å². The number of aliphatic hydroxyl groups excluding tert-OH is 1. The maximum atomic E-state index is 13.3. The van der Waals surface area contributed by atoms with E-state index in [9.17, 15) is 9.50 Å². The molecule has 1 atom stereocenters. The van der Waals surface area contributed by atoms with Crippen LogP contribution in [0.15, 0.2) is 34.9 Å². The van der Waals surface area contributed by atoms with E-state index in [-0.39, 0.29) is 5.02 Å².